The van der Waals surface area contributed by atoms with Crippen molar-refractivity contribution in [3.05, 3.63) is 34.9 Å². The second-order valence-corrected chi connectivity index (χ2v) is 11.8. The summed E-state index contributed by atoms with van der Waals surface area (Å²) in [5.41, 5.74) is 5.13. The number of pyridine rings is 2. The Bertz CT molecular complexity index is 1720. The van der Waals surface area contributed by atoms with Crippen LogP contribution in [0.3, 0.4) is 0 Å². The molecule has 3 N–H and O–H groups in total. The number of nitrogens with one attached hydrogen (secondary N) is 2. The first-order valence-corrected chi connectivity index (χ1v) is 17.2. The molecular formula is C34H48N8O6. The Kier molecular flexibility index (Phi) is 11.8. The fourth-order valence-electron chi connectivity index (χ4n) is 6.29. The van der Waals surface area contributed by atoms with Gasteiger partial charge in [-0.25, -0.2) is 28.9 Å². The van der Waals surface area contributed by atoms with Gasteiger partial charge in [0.15, 0.2) is 11.3 Å². The molecule has 14 heteroatoms. The lowest BCUT2D eigenvalue weighted by Crippen LogP contribution is -2.29. The number of carbonyl (C=O) groups excluding carboxylic acids is 1. The maximum absolute atomic E-state index is 12.7. The van der Waals surface area contributed by atoms with Crippen LogP contribution in [0.2, 0.25) is 0 Å². The summed E-state index contributed by atoms with van der Waals surface area (Å²) in [7, 11) is 0. The van der Waals surface area contributed by atoms with Gasteiger partial charge in [0.2, 0.25) is 0 Å². The fourth-order valence-corrected chi connectivity index (χ4v) is 6.29. The molecule has 260 valence electrons. The van der Waals surface area contributed by atoms with Crippen LogP contribution in [0.1, 0.15) is 92.4 Å². The molecule has 4 aromatic heterocycles. The van der Waals surface area contributed by atoms with Gasteiger partial charge in [0.1, 0.15) is 11.1 Å². The number of esters is 1. The summed E-state index contributed by atoms with van der Waals surface area (Å²) >= 11 is 0. The number of aromatic carboxylic acids is 1. The van der Waals surface area contributed by atoms with Crippen molar-refractivity contribution >= 4 is 45.4 Å². The Balaban J connectivity index is 0.000000188. The monoisotopic (exact) mass is 664 g/mol. The van der Waals surface area contributed by atoms with E-state index in [-0.39, 0.29) is 23.6 Å². The van der Waals surface area contributed by atoms with Gasteiger partial charge >= 0.3 is 11.9 Å². The topological polar surface area (TPSA) is 168 Å². The highest BCUT2D eigenvalue weighted by atomic mass is 16.5. The van der Waals surface area contributed by atoms with Gasteiger partial charge in [-0.05, 0) is 59.3 Å². The van der Waals surface area contributed by atoms with E-state index in [2.05, 4.69) is 25.8 Å². The molecule has 0 aromatic carbocycles. The molecule has 0 bridgehead atoms. The zero-order valence-corrected chi connectivity index (χ0v) is 28.7. The number of anilines is 2. The van der Waals surface area contributed by atoms with E-state index in [1.165, 1.54) is 0 Å². The van der Waals surface area contributed by atoms with E-state index in [0.717, 1.165) is 78.9 Å². The number of hydrogen-bond acceptors (Lipinski definition) is 11. The van der Waals surface area contributed by atoms with E-state index in [1.54, 1.807) is 17.1 Å². The minimum Gasteiger partial charge on any atom is -0.478 e. The van der Waals surface area contributed by atoms with Gasteiger partial charge in [0, 0.05) is 51.6 Å². The van der Waals surface area contributed by atoms with E-state index < -0.39 is 5.97 Å². The normalized spacial score (nSPS) is 15.7. The molecule has 0 saturated carbocycles. The lowest BCUT2D eigenvalue weighted by atomic mass is 10.0. The Morgan fingerprint density at radius 3 is 1.60 bits per heavy atom. The van der Waals surface area contributed by atoms with Crippen LogP contribution < -0.4 is 10.6 Å². The molecule has 0 radical (unpaired) electrons. The van der Waals surface area contributed by atoms with Crippen molar-refractivity contribution in [2.45, 2.75) is 98.3 Å². The molecule has 14 nitrogen and oxygen atoms in total. The summed E-state index contributed by atoms with van der Waals surface area (Å²) in [6.07, 6.45) is 8.27. The first-order chi connectivity index (χ1) is 23.3. The number of carboxylic acids is 1. The second kappa shape index (κ2) is 16.2. The molecule has 0 spiro atoms. The summed E-state index contributed by atoms with van der Waals surface area (Å²) in [4.78, 5) is 33.8. The van der Waals surface area contributed by atoms with Gasteiger partial charge in [0.25, 0.3) is 0 Å². The molecule has 0 amide bonds. The first-order valence-electron chi connectivity index (χ1n) is 17.2. The van der Waals surface area contributed by atoms with Crippen molar-refractivity contribution in [3.63, 3.8) is 0 Å². The van der Waals surface area contributed by atoms with Crippen LogP contribution in [0.25, 0.3) is 22.1 Å². The van der Waals surface area contributed by atoms with Crippen LogP contribution in [0, 0.1) is 0 Å². The number of ether oxygens (including phenoxy) is 3. The van der Waals surface area contributed by atoms with E-state index in [9.17, 15) is 14.7 Å². The van der Waals surface area contributed by atoms with Crippen molar-refractivity contribution in [2.24, 2.45) is 0 Å². The molecule has 2 aliphatic heterocycles. The number of nitrogens with zero attached hydrogens (tertiary/aromatic N) is 6. The first kappa shape index (κ1) is 35.0. The number of aryl methyl sites for hydroxylation is 4. The molecular weight excluding hydrogens is 616 g/mol. The molecule has 0 atom stereocenters. The number of carboxylic acid groups (broad SMARTS) is 1. The molecule has 4 aromatic rings. The highest BCUT2D eigenvalue weighted by molar-refractivity contribution is 6.06. The lowest BCUT2D eigenvalue weighted by molar-refractivity contribution is 0.0525. The van der Waals surface area contributed by atoms with Crippen molar-refractivity contribution in [1.82, 2.24) is 29.5 Å². The molecule has 6 heterocycles. The molecule has 48 heavy (non-hydrogen) atoms. The van der Waals surface area contributed by atoms with Crippen LogP contribution in [0.4, 0.5) is 11.4 Å². The number of hydrogen-bond donors (Lipinski definition) is 3. The summed E-state index contributed by atoms with van der Waals surface area (Å²) in [6.45, 7) is 14.4. The minimum absolute atomic E-state index is 0.210. The van der Waals surface area contributed by atoms with Crippen molar-refractivity contribution in [2.75, 3.05) is 43.7 Å². The summed E-state index contributed by atoms with van der Waals surface area (Å²) in [6, 6.07) is 0.476. The Labute approximate surface area is 280 Å². The van der Waals surface area contributed by atoms with Gasteiger partial charge in [-0.15, -0.1) is 0 Å². The number of aromatic nitrogens is 6. The summed E-state index contributed by atoms with van der Waals surface area (Å²) in [5, 5.41) is 27.1. The van der Waals surface area contributed by atoms with Crippen molar-refractivity contribution in [3.8, 4) is 0 Å². The highest BCUT2D eigenvalue weighted by Gasteiger charge is 2.27. The van der Waals surface area contributed by atoms with Gasteiger partial charge in [-0.2, -0.15) is 10.2 Å². The SMILES string of the molecule is CCOC(=O)c1c(CC)nc2c(cnn2CC)c1NC1CCOCC1.CCc1nc2c(cnn2CC)c(NC2CCOCC2)c1C(=O)O. The highest BCUT2D eigenvalue weighted by Crippen LogP contribution is 2.33. The van der Waals surface area contributed by atoms with Crippen LogP contribution in [-0.2, 0) is 40.1 Å². The predicted molar refractivity (Wildman–Crippen MR) is 183 cm³/mol. The molecule has 2 aliphatic rings. The number of fused-ring (bicyclic) bond motifs is 2. The van der Waals surface area contributed by atoms with Gasteiger partial charge in [-0.3, -0.25) is 0 Å². The third kappa shape index (κ3) is 7.39. The van der Waals surface area contributed by atoms with Gasteiger partial charge in [0.05, 0.1) is 52.5 Å². The maximum Gasteiger partial charge on any atom is 0.342 e. The number of rotatable bonds is 11. The average Bonchev–Trinajstić information content (AvgIpc) is 3.72. The third-order valence-corrected chi connectivity index (χ3v) is 8.82. The Hall–Kier alpha value is -4.30. The van der Waals surface area contributed by atoms with E-state index in [0.29, 0.717) is 56.2 Å². The van der Waals surface area contributed by atoms with E-state index >= 15 is 0 Å². The average molecular weight is 665 g/mol. The lowest BCUT2D eigenvalue weighted by Gasteiger charge is -2.26. The minimum atomic E-state index is -0.949. The molecule has 6 rings (SSSR count). The van der Waals surface area contributed by atoms with Crippen molar-refractivity contribution < 1.29 is 28.9 Å². The van der Waals surface area contributed by atoms with Crippen LogP contribution in [0.5, 0.6) is 0 Å². The van der Waals surface area contributed by atoms with Crippen LogP contribution in [-0.4, -0.2) is 91.7 Å². The molecule has 0 unspecified atom stereocenters. The zero-order chi connectivity index (χ0) is 34.2. The molecule has 2 saturated heterocycles. The van der Waals surface area contributed by atoms with E-state index in [4.69, 9.17) is 19.2 Å². The largest absolute Gasteiger partial charge is 0.478 e. The summed E-state index contributed by atoms with van der Waals surface area (Å²) < 4.78 is 19.8. The molecule has 2 fully saturated rings. The smallest absolute Gasteiger partial charge is 0.342 e. The predicted octanol–water partition coefficient (Wildman–Crippen LogP) is 5.08. The fraction of sp³-hybridized carbons (Fsp3) is 0.588. The maximum atomic E-state index is 12.7. The quantitative estimate of drug-likeness (QED) is 0.182. The van der Waals surface area contributed by atoms with Crippen LogP contribution >= 0.6 is 0 Å². The van der Waals surface area contributed by atoms with Crippen LogP contribution in [0.15, 0.2) is 12.4 Å². The second-order valence-electron chi connectivity index (χ2n) is 11.8. The van der Waals surface area contributed by atoms with Gasteiger partial charge < -0.3 is 30.0 Å². The molecule has 0 aliphatic carbocycles. The Morgan fingerprint density at radius 2 is 1.21 bits per heavy atom. The van der Waals surface area contributed by atoms with Crippen molar-refractivity contribution in [1.29, 1.82) is 0 Å². The summed E-state index contributed by atoms with van der Waals surface area (Å²) in [5.74, 6) is -1.28. The standard InChI is InChI=1S/C18H26N4O3.C16H22N4O3/c1-4-14-15(18(23)25-6-3)16(20-12-7-9-24-10-8-12)13-11-19-22(5-2)17(13)21-14;1-3-12-13(16(21)22)14(18-10-5-7-23-8-6-10)11-9-17-20(4-2)15(11)19-12/h11-12H,4-10H2,1-3H3,(H,20,21);9-10H,3-8H2,1-2H3,(H,18,19)(H,21,22). The zero-order valence-electron chi connectivity index (χ0n) is 28.7. The number of carbonyl (C=O) groups is 2. The Morgan fingerprint density at radius 1 is 0.771 bits per heavy atom. The van der Waals surface area contributed by atoms with Gasteiger partial charge in [-0.1, -0.05) is 13.8 Å². The van der Waals surface area contributed by atoms with E-state index in [1.807, 2.05) is 39.3 Å². The third-order valence-electron chi connectivity index (χ3n) is 8.82.